The van der Waals surface area contributed by atoms with Crippen molar-refractivity contribution < 1.29 is 25.2 Å². The van der Waals surface area contributed by atoms with Crippen molar-refractivity contribution in [3.63, 3.8) is 0 Å². The molecule has 2 heterocycles. The smallest absolute Gasteiger partial charge is 0.217 e. The molecule has 1 aliphatic heterocycles. The normalized spacial score (nSPS) is 11.8. The number of aromatic nitrogens is 2. The monoisotopic (exact) mass is 389 g/mol. The summed E-state index contributed by atoms with van der Waals surface area (Å²) in [6.07, 6.45) is 3.42. The van der Waals surface area contributed by atoms with Gasteiger partial charge in [0.15, 0.2) is 5.82 Å². The Balaban J connectivity index is 0.000000775. The molecule has 5 nitrogen and oxygen atoms in total. The number of ether oxygens (including phenoxy) is 1. The van der Waals surface area contributed by atoms with E-state index < -0.39 is 0 Å². The summed E-state index contributed by atoms with van der Waals surface area (Å²) in [6.45, 7) is 5.07. The first-order valence-electron chi connectivity index (χ1n) is 7.02. The van der Waals surface area contributed by atoms with Crippen molar-refractivity contribution in [2.24, 2.45) is 0 Å². The number of hydrogen-bond acceptors (Lipinski definition) is 4. The number of benzene rings is 1. The molecule has 2 aromatic rings. The Kier molecular flexibility index (Phi) is 8.20. The molecule has 6 heteroatoms. The minimum absolute atomic E-state index is 0. The van der Waals surface area contributed by atoms with E-state index in [1.165, 1.54) is 0 Å². The summed E-state index contributed by atoms with van der Waals surface area (Å²) < 4.78 is 5.66. The van der Waals surface area contributed by atoms with Gasteiger partial charge in [-0.05, 0) is 5.56 Å². The average molecular weight is 390 g/mol. The Labute approximate surface area is 144 Å². The second-order valence-corrected chi connectivity index (χ2v) is 4.05. The number of rotatable bonds is 4. The fraction of sp³-hybridized carbons (Fsp3) is 0.250. The summed E-state index contributed by atoms with van der Waals surface area (Å²) >= 11 is 0. The molecule has 0 spiro atoms. The fourth-order valence-electron chi connectivity index (χ4n) is 1.73. The first kappa shape index (κ1) is 18.2. The molecule has 22 heavy (non-hydrogen) atoms. The number of nitrogens with zero attached hydrogens (tertiary/aromatic N) is 3. The van der Waals surface area contributed by atoms with E-state index in [4.69, 9.17) is 4.74 Å². The zero-order valence-corrected chi connectivity index (χ0v) is 14.2. The third-order valence-electron chi connectivity index (χ3n) is 2.68. The molecule has 0 saturated heterocycles. The first-order chi connectivity index (χ1) is 10.4. The van der Waals surface area contributed by atoms with Gasteiger partial charge in [-0.3, -0.25) is 0 Å². The molecular weight excluding hydrogens is 371 g/mol. The van der Waals surface area contributed by atoms with Crippen molar-refractivity contribution in [2.45, 2.75) is 20.5 Å². The largest absolute Gasteiger partial charge is 0.673 e. The van der Waals surface area contributed by atoms with Gasteiger partial charge in [0.05, 0.1) is 5.70 Å². The van der Waals surface area contributed by atoms with Crippen LogP contribution < -0.4 is 10.1 Å². The summed E-state index contributed by atoms with van der Waals surface area (Å²) in [5.41, 5.74) is 1.93. The quantitative estimate of drug-likeness (QED) is 0.815. The van der Waals surface area contributed by atoms with Crippen LogP contribution in [-0.4, -0.2) is 16.6 Å². The van der Waals surface area contributed by atoms with Gasteiger partial charge in [0, 0.05) is 32.7 Å². The summed E-state index contributed by atoms with van der Waals surface area (Å²) in [6, 6.07) is 11.7. The van der Waals surface area contributed by atoms with Crippen LogP contribution in [0.3, 0.4) is 0 Å². The summed E-state index contributed by atoms with van der Waals surface area (Å²) in [5, 5.41) is 7.16. The Bertz CT molecular complexity index is 590. The molecule has 0 fully saturated rings. The molecule has 1 aliphatic rings. The minimum atomic E-state index is 0. The number of nitrogens with one attached hydrogen (secondary N) is 1. The van der Waals surface area contributed by atoms with Crippen LogP contribution in [0.5, 0.6) is 5.88 Å². The fourth-order valence-corrected chi connectivity index (χ4v) is 1.73. The van der Waals surface area contributed by atoms with Gasteiger partial charge in [-0.2, -0.15) is 4.98 Å². The molecule has 3 rings (SSSR count). The van der Waals surface area contributed by atoms with Crippen LogP contribution in [0.4, 0.5) is 0 Å². The maximum absolute atomic E-state index is 5.66. The maximum Gasteiger partial charge on any atom is 0.217 e. The van der Waals surface area contributed by atoms with Crippen molar-refractivity contribution in [2.75, 3.05) is 6.67 Å². The Hall–Kier alpha value is -1.90. The van der Waals surface area contributed by atoms with Gasteiger partial charge in [-0.1, -0.05) is 50.8 Å². The van der Waals surface area contributed by atoms with Gasteiger partial charge in [0.25, 0.3) is 0 Å². The summed E-state index contributed by atoms with van der Waals surface area (Å²) in [5.74, 6) is 1.16. The van der Waals surface area contributed by atoms with E-state index in [9.17, 15) is 0 Å². The van der Waals surface area contributed by atoms with Crippen LogP contribution in [0, 0.1) is 0 Å². The molecule has 1 aromatic heterocycles. The van der Waals surface area contributed by atoms with Gasteiger partial charge >= 0.3 is 0 Å². The van der Waals surface area contributed by atoms with Crippen molar-refractivity contribution in [3.05, 3.63) is 65.5 Å². The van der Waals surface area contributed by atoms with Crippen LogP contribution in [-0.2, 0) is 27.0 Å². The van der Waals surface area contributed by atoms with Crippen LogP contribution in [0.25, 0.3) is 11.0 Å². The molecule has 0 radical (unpaired) electrons. The van der Waals surface area contributed by atoms with Crippen molar-refractivity contribution in [3.8, 4) is 5.88 Å². The molecule has 0 saturated carbocycles. The van der Waals surface area contributed by atoms with Crippen molar-refractivity contribution >= 4 is 5.70 Å². The van der Waals surface area contributed by atoms with Gasteiger partial charge < -0.3 is 15.4 Å². The third-order valence-corrected chi connectivity index (χ3v) is 2.68. The molecule has 0 amide bonds. The standard InChI is InChI=1S/C14H13N4O.C2H6.Pd/c1-2-4-11(5-3-1)9-19-13-6-7-16-14(18-13)12-8-15-10-17-12;1-2;/h1-8,17H,9-10H2;1-2H3;/q-1;;. The van der Waals surface area contributed by atoms with Gasteiger partial charge in [-0.15, -0.1) is 6.20 Å². The third kappa shape index (κ3) is 5.14. The molecule has 1 aromatic carbocycles. The molecule has 0 bridgehead atoms. The van der Waals surface area contributed by atoms with E-state index in [0.29, 0.717) is 25.0 Å². The van der Waals surface area contributed by atoms with E-state index >= 15 is 0 Å². The van der Waals surface area contributed by atoms with Crippen LogP contribution >= 0.6 is 0 Å². The molecule has 0 atom stereocenters. The van der Waals surface area contributed by atoms with Gasteiger partial charge in [0.2, 0.25) is 5.88 Å². The number of hydrogen-bond donors (Lipinski definition) is 1. The minimum Gasteiger partial charge on any atom is -0.673 e. The van der Waals surface area contributed by atoms with Crippen LogP contribution in [0.15, 0.2) is 48.8 Å². The topological polar surface area (TPSA) is 61.1 Å². The molecule has 1 N–H and O–H groups in total. The summed E-state index contributed by atoms with van der Waals surface area (Å²) in [4.78, 5) is 8.54. The first-order valence-corrected chi connectivity index (χ1v) is 7.02. The SMILES string of the molecule is C1=C(c2nccc(OCc3ccccc3)n2)NC[N-]1.CC.[Pd]. The Morgan fingerprint density at radius 1 is 1.18 bits per heavy atom. The Morgan fingerprint density at radius 2 is 1.95 bits per heavy atom. The second-order valence-electron chi connectivity index (χ2n) is 4.05. The predicted molar refractivity (Wildman–Crippen MR) is 83.5 cm³/mol. The van der Waals surface area contributed by atoms with E-state index in [2.05, 4.69) is 20.6 Å². The Morgan fingerprint density at radius 3 is 2.64 bits per heavy atom. The molecule has 0 aliphatic carbocycles. The predicted octanol–water partition coefficient (Wildman–Crippen LogP) is 3.31. The molecule has 0 unspecified atom stereocenters. The summed E-state index contributed by atoms with van der Waals surface area (Å²) in [7, 11) is 0. The van der Waals surface area contributed by atoms with Crippen LogP contribution in [0.2, 0.25) is 0 Å². The van der Waals surface area contributed by atoms with Crippen LogP contribution in [0.1, 0.15) is 25.2 Å². The zero-order chi connectivity index (χ0) is 14.9. The van der Waals surface area contributed by atoms with Crippen molar-refractivity contribution in [1.82, 2.24) is 15.3 Å². The van der Waals surface area contributed by atoms with Gasteiger partial charge in [0.1, 0.15) is 6.61 Å². The van der Waals surface area contributed by atoms with E-state index in [1.54, 1.807) is 18.5 Å². The van der Waals surface area contributed by atoms with Crippen molar-refractivity contribution in [1.29, 1.82) is 0 Å². The average Bonchev–Trinajstić information content (AvgIpc) is 3.11. The zero-order valence-electron chi connectivity index (χ0n) is 12.6. The molecular formula is C16H19N4OPd-. The van der Waals surface area contributed by atoms with E-state index in [1.807, 2.05) is 44.2 Å². The van der Waals surface area contributed by atoms with Gasteiger partial charge in [-0.25, -0.2) is 4.98 Å². The second kappa shape index (κ2) is 9.93. The maximum atomic E-state index is 5.66. The molecule has 120 valence electrons. The van der Waals surface area contributed by atoms with E-state index in [0.717, 1.165) is 11.3 Å². The van der Waals surface area contributed by atoms with E-state index in [-0.39, 0.29) is 20.4 Å².